The van der Waals surface area contributed by atoms with Crippen LogP contribution in [0.2, 0.25) is 5.02 Å². The zero-order valence-electron chi connectivity index (χ0n) is 10.7. The largest absolute Gasteiger partial charge is 0.389 e. The van der Waals surface area contributed by atoms with Gasteiger partial charge >= 0.3 is 0 Å². The molecule has 20 heavy (non-hydrogen) atoms. The number of carbonyl (C=O) groups is 1. The van der Waals surface area contributed by atoms with Gasteiger partial charge < -0.3 is 11.1 Å². The van der Waals surface area contributed by atoms with Gasteiger partial charge in [-0.25, -0.2) is 0 Å². The van der Waals surface area contributed by atoms with Crippen molar-refractivity contribution in [1.29, 1.82) is 0 Å². The van der Waals surface area contributed by atoms with E-state index in [1.165, 1.54) is 6.20 Å². The maximum Gasteiger partial charge on any atom is 0.257 e. The molecule has 0 saturated heterocycles. The van der Waals surface area contributed by atoms with Crippen molar-refractivity contribution in [2.24, 2.45) is 5.73 Å². The normalized spacial score (nSPS) is 10.1. The number of nitrogens with one attached hydrogen (secondary N) is 1. The van der Waals surface area contributed by atoms with Crippen LogP contribution in [0.1, 0.15) is 21.5 Å². The van der Waals surface area contributed by atoms with Gasteiger partial charge in [-0.3, -0.25) is 9.78 Å². The molecular weight excluding hydrogens is 294 g/mol. The van der Waals surface area contributed by atoms with Crippen LogP contribution >= 0.6 is 23.8 Å². The number of rotatable bonds is 3. The molecule has 2 aromatic rings. The van der Waals surface area contributed by atoms with Gasteiger partial charge in [-0.2, -0.15) is 0 Å². The molecule has 1 aromatic heterocycles. The second-order valence-corrected chi connectivity index (χ2v) is 5.11. The van der Waals surface area contributed by atoms with E-state index in [4.69, 9.17) is 29.6 Å². The summed E-state index contributed by atoms with van der Waals surface area (Å²) < 4.78 is 0. The standard InChI is InChI=1S/C14H12ClN3OS/c1-8-4-10(7-17-6-8)14(19)18-12-5-9(13(16)20)2-3-11(12)15/h2-7H,1H3,(H2,16,20)(H,18,19). The van der Waals surface area contributed by atoms with Gasteiger partial charge in [0.2, 0.25) is 0 Å². The number of anilines is 1. The average Bonchev–Trinajstić information content (AvgIpc) is 2.41. The fourth-order valence-electron chi connectivity index (χ4n) is 1.65. The second kappa shape index (κ2) is 5.98. The molecule has 0 bridgehead atoms. The number of pyridine rings is 1. The first-order valence-electron chi connectivity index (χ1n) is 5.80. The lowest BCUT2D eigenvalue weighted by Gasteiger charge is -2.09. The summed E-state index contributed by atoms with van der Waals surface area (Å²) in [5.41, 5.74) is 8.03. The summed E-state index contributed by atoms with van der Waals surface area (Å²) in [5, 5.41) is 3.14. The molecule has 3 N–H and O–H groups in total. The van der Waals surface area contributed by atoms with Gasteiger partial charge in [-0.1, -0.05) is 29.9 Å². The molecule has 2 rings (SSSR count). The summed E-state index contributed by atoms with van der Waals surface area (Å²) in [6.45, 7) is 1.87. The first-order valence-corrected chi connectivity index (χ1v) is 6.58. The van der Waals surface area contributed by atoms with Crippen LogP contribution in [0.15, 0.2) is 36.7 Å². The maximum absolute atomic E-state index is 12.1. The van der Waals surface area contributed by atoms with Crippen molar-refractivity contribution in [3.05, 3.63) is 58.4 Å². The van der Waals surface area contributed by atoms with E-state index in [2.05, 4.69) is 10.3 Å². The van der Waals surface area contributed by atoms with Crippen molar-refractivity contribution in [3.63, 3.8) is 0 Å². The summed E-state index contributed by atoms with van der Waals surface area (Å²) in [4.78, 5) is 16.4. The number of thiocarbonyl (C=S) groups is 1. The zero-order chi connectivity index (χ0) is 14.7. The Morgan fingerprint density at radius 3 is 2.70 bits per heavy atom. The Hall–Kier alpha value is -1.98. The summed E-state index contributed by atoms with van der Waals surface area (Å²) in [7, 11) is 0. The van der Waals surface area contributed by atoms with Gasteiger partial charge in [-0.15, -0.1) is 0 Å². The van der Waals surface area contributed by atoms with Gasteiger partial charge in [0.1, 0.15) is 4.99 Å². The quantitative estimate of drug-likeness (QED) is 0.856. The molecule has 1 aromatic carbocycles. The average molecular weight is 306 g/mol. The number of amides is 1. The molecule has 0 aliphatic rings. The van der Waals surface area contributed by atoms with Gasteiger partial charge in [0.05, 0.1) is 16.3 Å². The summed E-state index contributed by atoms with van der Waals surface area (Å²) in [6, 6.07) is 6.73. The fourth-order valence-corrected chi connectivity index (χ4v) is 1.94. The Morgan fingerprint density at radius 1 is 1.30 bits per heavy atom. The molecule has 0 aliphatic heterocycles. The van der Waals surface area contributed by atoms with E-state index >= 15 is 0 Å². The lowest BCUT2D eigenvalue weighted by molar-refractivity contribution is 0.102. The molecular formula is C14H12ClN3OS. The molecule has 1 heterocycles. The number of hydrogen-bond acceptors (Lipinski definition) is 3. The van der Waals surface area contributed by atoms with E-state index in [0.717, 1.165) is 5.56 Å². The Labute approximate surface area is 127 Å². The van der Waals surface area contributed by atoms with Crippen LogP contribution in [-0.4, -0.2) is 15.9 Å². The van der Waals surface area contributed by atoms with Crippen LogP contribution in [-0.2, 0) is 0 Å². The minimum atomic E-state index is -0.289. The molecule has 0 fully saturated rings. The molecule has 4 nitrogen and oxygen atoms in total. The van der Waals surface area contributed by atoms with E-state index in [1.54, 1.807) is 30.5 Å². The molecule has 0 unspecified atom stereocenters. The van der Waals surface area contributed by atoms with Gasteiger partial charge in [0.15, 0.2) is 0 Å². The van der Waals surface area contributed by atoms with Crippen molar-refractivity contribution in [2.45, 2.75) is 6.92 Å². The van der Waals surface area contributed by atoms with E-state index < -0.39 is 0 Å². The molecule has 6 heteroatoms. The molecule has 102 valence electrons. The number of hydrogen-bond donors (Lipinski definition) is 2. The zero-order valence-corrected chi connectivity index (χ0v) is 12.3. The van der Waals surface area contributed by atoms with Gasteiger partial charge in [-0.05, 0) is 30.7 Å². The van der Waals surface area contributed by atoms with Crippen LogP contribution in [0.3, 0.4) is 0 Å². The van der Waals surface area contributed by atoms with Crippen LogP contribution < -0.4 is 11.1 Å². The van der Waals surface area contributed by atoms with E-state index in [9.17, 15) is 4.79 Å². The first-order chi connectivity index (χ1) is 9.47. The minimum Gasteiger partial charge on any atom is -0.389 e. The predicted octanol–water partition coefficient (Wildman–Crippen LogP) is 2.93. The number of aromatic nitrogens is 1. The molecule has 0 aliphatic carbocycles. The summed E-state index contributed by atoms with van der Waals surface area (Å²) in [5.74, 6) is -0.289. The number of halogens is 1. The fraction of sp³-hybridized carbons (Fsp3) is 0.0714. The SMILES string of the molecule is Cc1cncc(C(=O)Nc2cc(C(N)=S)ccc2Cl)c1. The smallest absolute Gasteiger partial charge is 0.257 e. The summed E-state index contributed by atoms with van der Waals surface area (Å²) in [6.07, 6.45) is 3.17. The van der Waals surface area contributed by atoms with Crippen molar-refractivity contribution in [2.75, 3.05) is 5.32 Å². The first kappa shape index (κ1) is 14.4. The topological polar surface area (TPSA) is 68.0 Å². The number of carbonyl (C=O) groups excluding carboxylic acids is 1. The summed E-state index contributed by atoms with van der Waals surface area (Å²) >= 11 is 11.0. The lowest BCUT2D eigenvalue weighted by Crippen LogP contribution is -2.14. The highest BCUT2D eigenvalue weighted by molar-refractivity contribution is 7.80. The van der Waals surface area contributed by atoms with Crippen molar-refractivity contribution in [1.82, 2.24) is 4.98 Å². The highest BCUT2D eigenvalue weighted by atomic mass is 35.5. The van der Waals surface area contributed by atoms with E-state index in [0.29, 0.717) is 21.8 Å². The molecule has 0 spiro atoms. The minimum absolute atomic E-state index is 0.245. The third kappa shape index (κ3) is 3.31. The van der Waals surface area contributed by atoms with Gasteiger partial charge in [0.25, 0.3) is 5.91 Å². The Kier molecular flexibility index (Phi) is 4.32. The van der Waals surface area contributed by atoms with Crippen molar-refractivity contribution in [3.8, 4) is 0 Å². The van der Waals surface area contributed by atoms with E-state index in [1.807, 2.05) is 6.92 Å². The number of nitrogens with two attached hydrogens (primary N) is 1. The van der Waals surface area contributed by atoms with E-state index in [-0.39, 0.29) is 10.9 Å². The van der Waals surface area contributed by atoms with Gasteiger partial charge in [0, 0.05) is 18.0 Å². The third-order valence-corrected chi connectivity index (χ3v) is 3.20. The third-order valence-electron chi connectivity index (χ3n) is 2.64. The van der Waals surface area contributed by atoms with Crippen LogP contribution in [0.5, 0.6) is 0 Å². The lowest BCUT2D eigenvalue weighted by atomic mass is 10.1. The van der Waals surface area contributed by atoms with Crippen LogP contribution in [0, 0.1) is 6.92 Å². The van der Waals surface area contributed by atoms with Crippen LogP contribution in [0.4, 0.5) is 5.69 Å². The molecule has 1 amide bonds. The second-order valence-electron chi connectivity index (χ2n) is 4.26. The highest BCUT2D eigenvalue weighted by Crippen LogP contribution is 2.23. The number of nitrogens with zero attached hydrogens (tertiary/aromatic N) is 1. The van der Waals surface area contributed by atoms with Crippen molar-refractivity contribution >= 4 is 40.4 Å². The Balaban J connectivity index is 2.27. The molecule has 0 atom stereocenters. The number of aryl methyl sites for hydroxylation is 1. The van der Waals surface area contributed by atoms with Crippen LogP contribution in [0.25, 0.3) is 0 Å². The Bertz CT molecular complexity index is 688. The molecule has 0 saturated carbocycles. The number of benzene rings is 1. The maximum atomic E-state index is 12.1. The predicted molar refractivity (Wildman–Crippen MR) is 84.3 cm³/mol. The van der Waals surface area contributed by atoms with Crippen molar-refractivity contribution < 1.29 is 4.79 Å². The monoisotopic (exact) mass is 305 g/mol. The Morgan fingerprint density at radius 2 is 2.05 bits per heavy atom. The highest BCUT2D eigenvalue weighted by Gasteiger charge is 2.10. The molecule has 0 radical (unpaired) electrons.